The average molecular weight is 439 g/mol. The van der Waals surface area contributed by atoms with E-state index in [9.17, 15) is 18.0 Å². The van der Waals surface area contributed by atoms with Crippen LogP contribution >= 0.6 is 0 Å². The Morgan fingerprint density at radius 2 is 1.97 bits per heavy atom. The van der Waals surface area contributed by atoms with Gasteiger partial charge in [-0.25, -0.2) is 9.78 Å². The van der Waals surface area contributed by atoms with Crippen LogP contribution < -0.4 is 16.0 Å². The van der Waals surface area contributed by atoms with Crippen LogP contribution in [0.2, 0.25) is 0 Å². The third-order valence-electron chi connectivity index (χ3n) is 6.00. The summed E-state index contributed by atoms with van der Waals surface area (Å²) in [6.45, 7) is 6.45. The predicted octanol–water partition coefficient (Wildman–Crippen LogP) is 3.85. The molecular formula is C21H28F3N5O2. The third-order valence-corrected chi connectivity index (χ3v) is 6.00. The molecule has 31 heavy (non-hydrogen) atoms. The SMILES string of the molecule is Cn1c(C2(C(F)(F)F)CC2)nc2c(N3CC[C@@H](NC(=O)OC(C)(C)C)C3)c(N)ccc21. The van der Waals surface area contributed by atoms with Crippen molar-refractivity contribution in [3.63, 3.8) is 0 Å². The highest BCUT2D eigenvalue weighted by molar-refractivity contribution is 5.96. The van der Waals surface area contributed by atoms with E-state index in [1.807, 2.05) is 4.90 Å². The van der Waals surface area contributed by atoms with Gasteiger partial charge in [-0.05, 0) is 52.2 Å². The molecule has 1 atom stereocenters. The number of hydrogen-bond acceptors (Lipinski definition) is 5. The van der Waals surface area contributed by atoms with Gasteiger partial charge in [0.2, 0.25) is 0 Å². The summed E-state index contributed by atoms with van der Waals surface area (Å²) in [5, 5.41) is 2.86. The summed E-state index contributed by atoms with van der Waals surface area (Å²) in [5.41, 5.74) is 5.91. The van der Waals surface area contributed by atoms with Crippen LogP contribution in [0.4, 0.5) is 29.3 Å². The van der Waals surface area contributed by atoms with Gasteiger partial charge < -0.3 is 25.3 Å². The van der Waals surface area contributed by atoms with Gasteiger partial charge in [0.25, 0.3) is 0 Å². The predicted molar refractivity (Wildman–Crippen MR) is 112 cm³/mol. The quantitative estimate of drug-likeness (QED) is 0.710. The molecule has 1 aromatic carbocycles. The minimum absolute atomic E-state index is 0.0319. The van der Waals surface area contributed by atoms with Crippen molar-refractivity contribution in [2.45, 2.75) is 63.3 Å². The molecule has 1 amide bonds. The lowest BCUT2D eigenvalue weighted by Gasteiger charge is -2.23. The standard InChI is InChI=1S/C21H28F3N5O2/c1-19(2,3)31-18(30)26-12-7-10-29(11-12)16-13(25)5-6-14-15(16)27-17(28(14)4)20(8-9-20)21(22,23)24/h5-6,12H,7-11,25H2,1-4H3,(H,26,30)/t12-/m1/s1. The first-order valence-electron chi connectivity index (χ1n) is 10.4. The maximum atomic E-state index is 13.7. The van der Waals surface area contributed by atoms with Crippen LogP contribution in [0.25, 0.3) is 11.0 Å². The number of carbonyl (C=O) groups is 1. The molecule has 1 aromatic heterocycles. The molecule has 1 saturated heterocycles. The van der Waals surface area contributed by atoms with Gasteiger partial charge in [0, 0.05) is 20.1 Å². The van der Waals surface area contributed by atoms with Crippen LogP contribution in [-0.2, 0) is 17.2 Å². The number of aryl methyl sites for hydroxylation is 1. The summed E-state index contributed by atoms with van der Waals surface area (Å²) < 4.78 is 48.0. The lowest BCUT2D eigenvalue weighted by Crippen LogP contribution is -2.40. The molecule has 0 radical (unpaired) electrons. The number of nitrogen functional groups attached to an aromatic ring is 1. The number of fused-ring (bicyclic) bond motifs is 1. The Kier molecular flexibility index (Phi) is 4.82. The van der Waals surface area contributed by atoms with E-state index in [1.165, 1.54) is 4.57 Å². The first kappa shape index (κ1) is 21.6. The number of nitrogens with one attached hydrogen (secondary N) is 1. The van der Waals surface area contributed by atoms with Crippen molar-refractivity contribution in [3.8, 4) is 0 Å². The molecule has 170 valence electrons. The first-order chi connectivity index (χ1) is 14.3. The second kappa shape index (κ2) is 6.93. The molecule has 1 aliphatic heterocycles. The van der Waals surface area contributed by atoms with E-state index in [1.54, 1.807) is 40.0 Å². The number of aromatic nitrogens is 2. The molecule has 2 heterocycles. The number of nitrogens with zero attached hydrogens (tertiary/aromatic N) is 3. The van der Waals surface area contributed by atoms with Crippen LogP contribution in [-0.4, -0.2) is 46.6 Å². The molecule has 2 fully saturated rings. The summed E-state index contributed by atoms with van der Waals surface area (Å²) in [6.07, 6.45) is -4.08. The van der Waals surface area contributed by atoms with Gasteiger partial charge in [0.1, 0.15) is 22.4 Å². The van der Waals surface area contributed by atoms with Crippen molar-refractivity contribution in [2.24, 2.45) is 7.05 Å². The fourth-order valence-corrected chi connectivity index (χ4v) is 4.34. The Bertz CT molecular complexity index is 1020. The summed E-state index contributed by atoms with van der Waals surface area (Å²) >= 11 is 0. The van der Waals surface area contributed by atoms with Crippen molar-refractivity contribution in [2.75, 3.05) is 23.7 Å². The molecule has 0 spiro atoms. The maximum Gasteiger partial charge on any atom is 0.407 e. The Morgan fingerprint density at radius 1 is 1.29 bits per heavy atom. The molecule has 0 bridgehead atoms. The maximum absolute atomic E-state index is 13.7. The molecule has 1 saturated carbocycles. The molecule has 0 unspecified atom stereocenters. The zero-order valence-corrected chi connectivity index (χ0v) is 18.1. The van der Waals surface area contributed by atoms with E-state index in [-0.39, 0.29) is 24.7 Å². The molecule has 2 aromatic rings. The van der Waals surface area contributed by atoms with Gasteiger partial charge in [-0.1, -0.05) is 0 Å². The summed E-state index contributed by atoms with van der Waals surface area (Å²) in [5.74, 6) is 0.0319. The Hall–Kier alpha value is -2.65. The highest BCUT2D eigenvalue weighted by Crippen LogP contribution is 2.59. The smallest absolute Gasteiger partial charge is 0.407 e. The largest absolute Gasteiger partial charge is 0.444 e. The van der Waals surface area contributed by atoms with E-state index >= 15 is 0 Å². The van der Waals surface area contributed by atoms with Gasteiger partial charge in [0.05, 0.1) is 22.9 Å². The Balaban J connectivity index is 1.63. The molecule has 3 N–H and O–H groups in total. The van der Waals surface area contributed by atoms with E-state index in [0.29, 0.717) is 41.9 Å². The number of alkyl carbamates (subject to hydrolysis) is 1. The monoisotopic (exact) mass is 439 g/mol. The lowest BCUT2D eigenvalue weighted by atomic mass is 10.1. The van der Waals surface area contributed by atoms with Gasteiger partial charge >= 0.3 is 12.3 Å². The number of halogens is 3. The number of rotatable bonds is 3. The Morgan fingerprint density at radius 3 is 2.55 bits per heavy atom. The Labute approximate surface area is 178 Å². The molecule has 2 aliphatic rings. The molecular weight excluding hydrogens is 411 g/mol. The van der Waals surface area contributed by atoms with Crippen molar-refractivity contribution >= 4 is 28.5 Å². The van der Waals surface area contributed by atoms with Crippen molar-refractivity contribution in [3.05, 3.63) is 18.0 Å². The van der Waals surface area contributed by atoms with Crippen LogP contribution in [0.3, 0.4) is 0 Å². The van der Waals surface area contributed by atoms with E-state index < -0.39 is 23.3 Å². The molecule has 1 aliphatic carbocycles. The minimum Gasteiger partial charge on any atom is -0.444 e. The first-order valence-corrected chi connectivity index (χ1v) is 10.4. The van der Waals surface area contributed by atoms with Gasteiger partial charge in [-0.3, -0.25) is 0 Å². The number of imidazole rings is 1. The van der Waals surface area contributed by atoms with Crippen molar-refractivity contribution in [1.29, 1.82) is 0 Å². The third kappa shape index (κ3) is 3.76. The number of alkyl halides is 3. The zero-order valence-electron chi connectivity index (χ0n) is 18.1. The van der Waals surface area contributed by atoms with Crippen LogP contribution in [0.1, 0.15) is 45.9 Å². The highest BCUT2D eigenvalue weighted by Gasteiger charge is 2.66. The minimum atomic E-state index is -4.34. The van der Waals surface area contributed by atoms with Gasteiger partial charge in [-0.15, -0.1) is 0 Å². The second-order valence-electron chi connectivity index (χ2n) is 9.52. The van der Waals surface area contributed by atoms with Crippen LogP contribution in [0, 0.1) is 0 Å². The number of carbonyl (C=O) groups excluding carboxylic acids is 1. The average Bonchev–Trinajstić information content (AvgIpc) is 3.22. The number of amides is 1. The van der Waals surface area contributed by atoms with Crippen molar-refractivity contribution in [1.82, 2.24) is 14.9 Å². The highest BCUT2D eigenvalue weighted by atomic mass is 19.4. The fourth-order valence-electron chi connectivity index (χ4n) is 4.34. The fraction of sp³-hybridized carbons (Fsp3) is 0.619. The molecule has 4 rings (SSSR count). The van der Waals surface area contributed by atoms with E-state index in [0.717, 1.165) is 0 Å². The van der Waals surface area contributed by atoms with E-state index in [2.05, 4.69) is 10.3 Å². The number of benzene rings is 1. The number of ether oxygens (including phenoxy) is 1. The molecule has 7 nitrogen and oxygen atoms in total. The number of hydrogen-bond donors (Lipinski definition) is 2. The van der Waals surface area contributed by atoms with Gasteiger partial charge in [-0.2, -0.15) is 13.2 Å². The number of anilines is 2. The summed E-state index contributed by atoms with van der Waals surface area (Å²) in [7, 11) is 1.62. The van der Waals surface area contributed by atoms with Gasteiger partial charge in [0.15, 0.2) is 0 Å². The summed E-state index contributed by atoms with van der Waals surface area (Å²) in [6, 6.07) is 3.26. The summed E-state index contributed by atoms with van der Waals surface area (Å²) in [4.78, 5) is 18.5. The lowest BCUT2D eigenvalue weighted by molar-refractivity contribution is -0.162. The zero-order chi connectivity index (χ0) is 22.8. The number of nitrogens with two attached hydrogens (primary N) is 1. The normalized spacial score (nSPS) is 20.9. The van der Waals surface area contributed by atoms with Crippen LogP contribution in [0.5, 0.6) is 0 Å². The van der Waals surface area contributed by atoms with E-state index in [4.69, 9.17) is 10.5 Å². The topological polar surface area (TPSA) is 85.4 Å². The molecule has 10 heteroatoms. The van der Waals surface area contributed by atoms with Crippen molar-refractivity contribution < 1.29 is 22.7 Å². The second-order valence-corrected chi connectivity index (χ2v) is 9.52. The van der Waals surface area contributed by atoms with Crippen LogP contribution in [0.15, 0.2) is 12.1 Å².